The number of rotatable bonds is 3. The fourth-order valence-electron chi connectivity index (χ4n) is 3.26. The number of benzene rings is 1. The van der Waals surface area contributed by atoms with Gasteiger partial charge in [-0.25, -0.2) is 4.79 Å². The number of hydrogen-bond acceptors (Lipinski definition) is 4. The Kier molecular flexibility index (Phi) is 5.22. The Morgan fingerprint density at radius 1 is 1.16 bits per heavy atom. The molecule has 3 rings (SSSR count). The number of carbonyl (C=O) groups is 1. The fourth-order valence-corrected chi connectivity index (χ4v) is 3.82. The highest BCUT2D eigenvalue weighted by atomic mass is 127. The van der Waals surface area contributed by atoms with Gasteiger partial charge in [-0.1, -0.05) is 18.2 Å². The first-order valence-electron chi connectivity index (χ1n) is 7.96. The molecular formula is C20H19IN2O2. The summed E-state index contributed by atoms with van der Waals surface area (Å²) >= 11 is 2.29. The number of allylic oxidation sites excluding steroid dienone is 3. The van der Waals surface area contributed by atoms with Gasteiger partial charge in [-0.15, -0.1) is 0 Å². The van der Waals surface area contributed by atoms with Gasteiger partial charge in [0.2, 0.25) is 0 Å². The van der Waals surface area contributed by atoms with Crippen LogP contribution in [0, 0.1) is 3.57 Å². The Morgan fingerprint density at radius 3 is 2.60 bits per heavy atom. The normalized spacial score (nSPS) is 17.4. The topological polar surface area (TPSA) is 51.2 Å². The van der Waals surface area contributed by atoms with E-state index in [1.54, 1.807) is 6.20 Å². The molecular weight excluding hydrogens is 427 g/mol. The van der Waals surface area contributed by atoms with Crippen molar-refractivity contribution in [2.45, 2.75) is 19.8 Å². The van der Waals surface area contributed by atoms with E-state index in [2.05, 4.69) is 39.0 Å². The van der Waals surface area contributed by atoms with E-state index in [9.17, 15) is 4.79 Å². The molecule has 1 aliphatic heterocycles. The highest BCUT2D eigenvalue weighted by Gasteiger charge is 2.34. The SMILES string of the molecule is COC(=O)C1=C(C)NC(C)=C(c2ccccn2)C1c1cccc(I)c1. The summed E-state index contributed by atoms with van der Waals surface area (Å²) in [5.41, 5.74) is 5.32. The third-order valence-electron chi connectivity index (χ3n) is 4.29. The molecule has 5 heteroatoms. The number of halogens is 1. The van der Waals surface area contributed by atoms with Crippen LogP contribution in [0.4, 0.5) is 0 Å². The Balaban J connectivity index is 2.25. The van der Waals surface area contributed by atoms with Crippen LogP contribution in [0.1, 0.15) is 31.0 Å². The number of esters is 1. The third-order valence-corrected chi connectivity index (χ3v) is 4.96. The second-order valence-electron chi connectivity index (χ2n) is 5.90. The molecule has 1 unspecified atom stereocenters. The van der Waals surface area contributed by atoms with Gasteiger partial charge >= 0.3 is 5.97 Å². The van der Waals surface area contributed by atoms with Crippen LogP contribution in [0.5, 0.6) is 0 Å². The van der Waals surface area contributed by atoms with Gasteiger partial charge in [-0.05, 0) is 66.3 Å². The maximum atomic E-state index is 12.6. The molecule has 4 nitrogen and oxygen atoms in total. The number of aromatic nitrogens is 1. The minimum Gasteiger partial charge on any atom is -0.466 e. The number of nitrogens with one attached hydrogen (secondary N) is 1. The Labute approximate surface area is 161 Å². The van der Waals surface area contributed by atoms with Crippen molar-refractivity contribution in [3.8, 4) is 0 Å². The lowest BCUT2D eigenvalue weighted by molar-refractivity contribution is -0.136. The molecule has 0 spiro atoms. The predicted molar refractivity (Wildman–Crippen MR) is 107 cm³/mol. The van der Waals surface area contributed by atoms with Crippen LogP contribution in [-0.4, -0.2) is 18.1 Å². The third kappa shape index (κ3) is 3.46. The molecule has 1 N–H and O–H groups in total. The molecule has 0 aliphatic carbocycles. The summed E-state index contributed by atoms with van der Waals surface area (Å²) in [7, 11) is 1.42. The lowest BCUT2D eigenvalue weighted by atomic mass is 9.79. The van der Waals surface area contributed by atoms with Crippen LogP contribution in [0.2, 0.25) is 0 Å². The van der Waals surface area contributed by atoms with Crippen molar-refractivity contribution < 1.29 is 9.53 Å². The van der Waals surface area contributed by atoms with Crippen LogP contribution in [0.3, 0.4) is 0 Å². The van der Waals surface area contributed by atoms with E-state index in [0.29, 0.717) is 5.57 Å². The van der Waals surface area contributed by atoms with Crippen LogP contribution >= 0.6 is 22.6 Å². The van der Waals surface area contributed by atoms with E-state index in [0.717, 1.165) is 31.8 Å². The Bertz CT molecular complexity index is 872. The molecule has 0 fully saturated rings. The molecule has 0 radical (unpaired) electrons. The van der Waals surface area contributed by atoms with Gasteiger partial charge in [-0.2, -0.15) is 0 Å². The van der Waals surface area contributed by atoms with E-state index in [4.69, 9.17) is 4.74 Å². The number of ether oxygens (including phenoxy) is 1. The molecule has 1 aromatic heterocycles. The highest BCUT2D eigenvalue weighted by molar-refractivity contribution is 14.1. The van der Waals surface area contributed by atoms with E-state index in [1.807, 2.05) is 50.2 Å². The van der Waals surface area contributed by atoms with Crippen LogP contribution < -0.4 is 5.32 Å². The first-order valence-corrected chi connectivity index (χ1v) is 9.04. The molecule has 0 bridgehead atoms. The average molecular weight is 446 g/mol. The van der Waals surface area contributed by atoms with Gasteiger partial charge in [0.05, 0.1) is 18.4 Å². The van der Waals surface area contributed by atoms with Crippen molar-refractivity contribution in [1.82, 2.24) is 10.3 Å². The molecule has 1 aliphatic rings. The smallest absolute Gasteiger partial charge is 0.336 e. The Hall–Kier alpha value is -2.15. The molecule has 1 atom stereocenters. The van der Waals surface area contributed by atoms with Gasteiger partial charge < -0.3 is 10.1 Å². The van der Waals surface area contributed by atoms with Crippen molar-refractivity contribution in [2.75, 3.05) is 7.11 Å². The number of nitrogens with zero attached hydrogens (tertiary/aromatic N) is 1. The van der Waals surface area contributed by atoms with Crippen molar-refractivity contribution in [3.63, 3.8) is 0 Å². The Morgan fingerprint density at radius 2 is 1.96 bits per heavy atom. The summed E-state index contributed by atoms with van der Waals surface area (Å²) in [5, 5.41) is 3.32. The van der Waals surface area contributed by atoms with Gasteiger partial charge in [-0.3, -0.25) is 4.98 Å². The van der Waals surface area contributed by atoms with E-state index >= 15 is 0 Å². The first-order chi connectivity index (χ1) is 12.0. The number of carbonyl (C=O) groups excluding carboxylic acids is 1. The standard InChI is InChI=1S/C20H19IN2O2/c1-12-17(16-9-4-5-10-22-16)19(14-7-6-8-15(21)11-14)18(13(2)23-12)20(24)25-3/h4-11,19,23H,1-3H3. The molecule has 0 saturated carbocycles. The zero-order valence-electron chi connectivity index (χ0n) is 14.3. The minimum absolute atomic E-state index is 0.224. The molecule has 128 valence electrons. The summed E-state index contributed by atoms with van der Waals surface area (Å²) in [5.74, 6) is -0.548. The zero-order chi connectivity index (χ0) is 18.0. The highest BCUT2D eigenvalue weighted by Crippen LogP contribution is 2.43. The summed E-state index contributed by atoms with van der Waals surface area (Å²) in [4.78, 5) is 17.1. The van der Waals surface area contributed by atoms with Gasteiger partial charge in [0.15, 0.2) is 0 Å². The van der Waals surface area contributed by atoms with Gasteiger partial charge in [0.25, 0.3) is 0 Å². The van der Waals surface area contributed by atoms with E-state index in [1.165, 1.54) is 7.11 Å². The first kappa shape index (κ1) is 17.7. The number of pyridine rings is 1. The van der Waals surface area contributed by atoms with E-state index in [-0.39, 0.29) is 11.9 Å². The van der Waals surface area contributed by atoms with E-state index < -0.39 is 0 Å². The van der Waals surface area contributed by atoms with Gasteiger partial charge in [0.1, 0.15) is 0 Å². The molecule has 2 aromatic rings. The monoisotopic (exact) mass is 446 g/mol. The molecule has 0 amide bonds. The molecule has 0 saturated heterocycles. The minimum atomic E-state index is -0.324. The summed E-state index contributed by atoms with van der Waals surface area (Å²) < 4.78 is 6.20. The lowest BCUT2D eigenvalue weighted by Gasteiger charge is -2.31. The zero-order valence-corrected chi connectivity index (χ0v) is 16.5. The second-order valence-corrected chi connectivity index (χ2v) is 7.14. The number of hydrogen-bond donors (Lipinski definition) is 1. The number of dihydropyridines is 1. The molecule has 25 heavy (non-hydrogen) atoms. The van der Waals surface area contributed by atoms with Crippen molar-refractivity contribution >= 4 is 34.1 Å². The average Bonchev–Trinajstić information content (AvgIpc) is 2.61. The lowest BCUT2D eigenvalue weighted by Crippen LogP contribution is -2.28. The predicted octanol–water partition coefficient (Wildman–Crippen LogP) is 4.25. The number of methoxy groups -OCH3 is 1. The second kappa shape index (κ2) is 7.39. The molecule has 1 aromatic carbocycles. The van der Waals surface area contributed by atoms with Crippen LogP contribution in [0.15, 0.2) is 65.6 Å². The molecule has 2 heterocycles. The van der Waals surface area contributed by atoms with Gasteiger partial charge in [0, 0.05) is 32.7 Å². The maximum Gasteiger partial charge on any atom is 0.336 e. The largest absolute Gasteiger partial charge is 0.466 e. The summed E-state index contributed by atoms with van der Waals surface area (Å²) in [6.07, 6.45) is 1.77. The summed E-state index contributed by atoms with van der Waals surface area (Å²) in [6, 6.07) is 14.0. The maximum absolute atomic E-state index is 12.6. The quantitative estimate of drug-likeness (QED) is 0.566. The van der Waals surface area contributed by atoms with Crippen molar-refractivity contribution in [1.29, 1.82) is 0 Å². The summed E-state index contributed by atoms with van der Waals surface area (Å²) in [6.45, 7) is 3.92. The van der Waals surface area contributed by atoms with Crippen molar-refractivity contribution in [3.05, 3.63) is 80.5 Å². The van der Waals surface area contributed by atoms with Crippen molar-refractivity contribution in [2.24, 2.45) is 0 Å². The van der Waals surface area contributed by atoms with Crippen LogP contribution in [0.25, 0.3) is 5.57 Å². The fraction of sp³-hybridized carbons (Fsp3) is 0.200. The van der Waals surface area contributed by atoms with Crippen LogP contribution in [-0.2, 0) is 9.53 Å².